The van der Waals surface area contributed by atoms with Crippen molar-refractivity contribution in [2.45, 2.75) is 32.7 Å². The summed E-state index contributed by atoms with van der Waals surface area (Å²) in [5.41, 5.74) is 6.61. The molecular weight excluding hydrogens is 436 g/mol. The minimum Gasteiger partial charge on any atom is -0.354 e. The van der Waals surface area contributed by atoms with Crippen LogP contribution in [0.15, 0.2) is 72.8 Å². The molecule has 6 heteroatoms. The standard InChI is InChI=1S/C29H30N4O2/c1-20(34)30-24-14-15-25-26(18-24)32-29(35)27(25)28(22-8-4-2-5-9-22)31-23-12-10-21(11-13-23)19-33-16-6-3-7-17-33/h2,4-5,8-15,18,31H,3,6-7,16-17,19H2,1H3,(H,30,34)(H,32,35)/b28-27-. The van der Waals surface area contributed by atoms with Crippen LogP contribution in [0.5, 0.6) is 0 Å². The molecule has 2 aliphatic rings. The fourth-order valence-electron chi connectivity index (χ4n) is 4.80. The molecule has 3 aromatic rings. The fourth-order valence-corrected chi connectivity index (χ4v) is 4.80. The summed E-state index contributed by atoms with van der Waals surface area (Å²) < 4.78 is 0. The number of hydrogen-bond acceptors (Lipinski definition) is 4. The molecule has 0 atom stereocenters. The van der Waals surface area contributed by atoms with E-state index in [4.69, 9.17) is 0 Å². The van der Waals surface area contributed by atoms with Crippen molar-refractivity contribution in [3.8, 4) is 0 Å². The maximum Gasteiger partial charge on any atom is 0.258 e. The molecule has 0 bridgehead atoms. The van der Waals surface area contributed by atoms with Gasteiger partial charge in [0.15, 0.2) is 0 Å². The van der Waals surface area contributed by atoms with Gasteiger partial charge in [0.2, 0.25) is 5.91 Å². The number of likely N-dealkylation sites (tertiary alicyclic amines) is 1. The fraction of sp³-hybridized carbons (Fsp3) is 0.241. The van der Waals surface area contributed by atoms with Crippen LogP contribution in [0.3, 0.4) is 0 Å². The van der Waals surface area contributed by atoms with Crippen molar-refractivity contribution >= 4 is 40.1 Å². The summed E-state index contributed by atoms with van der Waals surface area (Å²) in [5.74, 6) is -0.325. The summed E-state index contributed by atoms with van der Waals surface area (Å²) >= 11 is 0. The van der Waals surface area contributed by atoms with Crippen molar-refractivity contribution in [2.24, 2.45) is 0 Å². The average molecular weight is 467 g/mol. The van der Waals surface area contributed by atoms with Gasteiger partial charge in [-0.3, -0.25) is 14.5 Å². The minimum atomic E-state index is -0.173. The van der Waals surface area contributed by atoms with E-state index in [1.54, 1.807) is 6.07 Å². The first kappa shape index (κ1) is 22.9. The van der Waals surface area contributed by atoms with Gasteiger partial charge in [-0.1, -0.05) is 48.9 Å². The summed E-state index contributed by atoms with van der Waals surface area (Å²) in [7, 11) is 0. The second-order valence-corrected chi connectivity index (χ2v) is 9.17. The summed E-state index contributed by atoms with van der Waals surface area (Å²) in [5, 5.41) is 9.25. The highest BCUT2D eigenvalue weighted by atomic mass is 16.2. The van der Waals surface area contributed by atoms with E-state index < -0.39 is 0 Å². The van der Waals surface area contributed by atoms with E-state index >= 15 is 0 Å². The maximum atomic E-state index is 13.1. The monoisotopic (exact) mass is 466 g/mol. The van der Waals surface area contributed by atoms with E-state index in [0.29, 0.717) is 16.9 Å². The van der Waals surface area contributed by atoms with Gasteiger partial charge in [0.05, 0.1) is 17.0 Å². The van der Waals surface area contributed by atoms with E-state index in [2.05, 4.69) is 45.1 Å². The lowest BCUT2D eigenvalue weighted by Gasteiger charge is -2.26. The Kier molecular flexibility index (Phi) is 6.64. The number of nitrogens with one attached hydrogen (secondary N) is 3. The Morgan fingerprint density at radius 2 is 1.60 bits per heavy atom. The molecular formula is C29H30N4O2. The highest BCUT2D eigenvalue weighted by Gasteiger charge is 2.28. The molecule has 1 fully saturated rings. The zero-order valence-electron chi connectivity index (χ0n) is 19.9. The molecule has 0 aromatic heterocycles. The molecule has 178 valence electrons. The lowest BCUT2D eigenvalue weighted by molar-refractivity contribution is -0.114. The van der Waals surface area contributed by atoms with Crippen LogP contribution in [-0.4, -0.2) is 29.8 Å². The van der Waals surface area contributed by atoms with Gasteiger partial charge < -0.3 is 16.0 Å². The van der Waals surface area contributed by atoms with E-state index in [-0.39, 0.29) is 11.8 Å². The van der Waals surface area contributed by atoms with Crippen molar-refractivity contribution < 1.29 is 9.59 Å². The summed E-state index contributed by atoms with van der Waals surface area (Å²) in [6, 6.07) is 23.8. The highest BCUT2D eigenvalue weighted by molar-refractivity contribution is 6.37. The van der Waals surface area contributed by atoms with Crippen LogP contribution in [0.25, 0.3) is 11.3 Å². The number of carbonyl (C=O) groups is 2. The van der Waals surface area contributed by atoms with Crippen molar-refractivity contribution in [3.05, 3.63) is 89.5 Å². The Morgan fingerprint density at radius 3 is 2.31 bits per heavy atom. The topological polar surface area (TPSA) is 73.5 Å². The number of fused-ring (bicyclic) bond motifs is 1. The zero-order chi connectivity index (χ0) is 24.2. The first-order chi connectivity index (χ1) is 17.1. The number of benzene rings is 3. The summed E-state index contributed by atoms with van der Waals surface area (Å²) in [6.07, 6.45) is 3.90. The molecule has 35 heavy (non-hydrogen) atoms. The molecule has 3 aromatic carbocycles. The van der Waals surface area contributed by atoms with Crippen LogP contribution >= 0.6 is 0 Å². The first-order valence-corrected chi connectivity index (χ1v) is 12.2. The number of anilines is 3. The predicted octanol–water partition coefficient (Wildman–Crippen LogP) is 5.56. The molecule has 0 unspecified atom stereocenters. The van der Waals surface area contributed by atoms with Gasteiger partial charge in [0.1, 0.15) is 0 Å². The third-order valence-electron chi connectivity index (χ3n) is 6.48. The third-order valence-corrected chi connectivity index (χ3v) is 6.48. The molecule has 2 aliphatic heterocycles. The number of rotatable bonds is 6. The van der Waals surface area contributed by atoms with Crippen molar-refractivity contribution in [1.82, 2.24) is 4.90 Å². The largest absolute Gasteiger partial charge is 0.354 e. The Labute approximate surface area is 206 Å². The Bertz CT molecular complexity index is 1260. The van der Waals surface area contributed by atoms with E-state index in [1.807, 2.05) is 42.5 Å². The highest BCUT2D eigenvalue weighted by Crippen LogP contribution is 2.39. The normalized spacial score (nSPS) is 16.9. The van der Waals surface area contributed by atoms with Crippen LogP contribution in [0, 0.1) is 0 Å². The summed E-state index contributed by atoms with van der Waals surface area (Å²) in [6.45, 7) is 4.77. The summed E-state index contributed by atoms with van der Waals surface area (Å²) in [4.78, 5) is 27.1. The molecule has 2 amide bonds. The van der Waals surface area contributed by atoms with Gasteiger partial charge >= 0.3 is 0 Å². The van der Waals surface area contributed by atoms with Crippen molar-refractivity contribution in [1.29, 1.82) is 0 Å². The Balaban J connectivity index is 1.46. The van der Waals surface area contributed by atoms with Crippen LogP contribution in [0.4, 0.5) is 17.1 Å². The molecule has 3 N–H and O–H groups in total. The molecule has 0 radical (unpaired) electrons. The zero-order valence-corrected chi connectivity index (χ0v) is 19.9. The molecule has 1 saturated heterocycles. The molecule has 6 nitrogen and oxygen atoms in total. The minimum absolute atomic E-state index is 0.152. The SMILES string of the molecule is CC(=O)Nc1ccc2c(c1)NC(=O)/C2=C(\Nc1ccc(CN2CCCCC2)cc1)c1ccccc1. The van der Waals surface area contributed by atoms with E-state index in [1.165, 1.54) is 44.8 Å². The second kappa shape index (κ2) is 10.2. The second-order valence-electron chi connectivity index (χ2n) is 9.17. The van der Waals surface area contributed by atoms with E-state index in [9.17, 15) is 9.59 Å². The smallest absolute Gasteiger partial charge is 0.258 e. The quantitative estimate of drug-likeness (QED) is 0.416. The molecule has 2 heterocycles. The number of amides is 2. The molecule has 0 spiro atoms. The van der Waals surface area contributed by atoms with E-state index in [0.717, 1.165) is 29.1 Å². The first-order valence-electron chi connectivity index (χ1n) is 12.2. The van der Waals surface area contributed by atoms with Crippen LogP contribution in [0.2, 0.25) is 0 Å². The van der Waals surface area contributed by atoms with Gasteiger partial charge in [-0.15, -0.1) is 0 Å². The number of hydrogen-bond donors (Lipinski definition) is 3. The number of piperidine rings is 1. The molecule has 0 saturated carbocycles. The molecule has 0 aliphatic carbocycles. The van der Waals surface area contributed by atoms with Gasteiger partial charge in [0, 0.05) is 30.4 Å². The number of nitrogens with zero attached hydrogens (tertiary/aromatic N) is 1. The van der Waals surface area contributed by atoms with Gasteiger partial charge in [-0.2, -0.15) is 0 Å². The lowest BCUT2D eigenvalue weighted by atomic mass is 9.99. The maximum absolute atomic E-state index is 13.1. The van der Waals surface area contributed by atoms with Gasteiger partial charge in [-0.25, -0.2) is 0 Å². The van der Waals surface area contributed by atoms with Gasteiger partial charge in [0.25, 0.3) is 5.91 Å². The van der Waals surface area contributed by atoms with Crippen molar-refractivity contribution in [3.63, 3.8) is 0 Å². The van der Waals surface area contributed by atoms with Crippen LogP contribution < -0.4 is 16.0 Å². The van der Waals surface area contributed by atoms with Crippen LogP contribution in [0.1, 0.15) is 42.9 Å². The molecule has 5 rings (SSSR count). The predicted molar refractivity (Wildman–Crippen MR) is 142 cm³/mol. The third kappa shape index (κ3) is 5.28. The van der Waals surface area contributed by atoms with Crippen LogP contribution in [-0.2, 0) is 16.1 Å². The average Bonchev–Trinajstić information content (AvgIpc) is 3.19. The lowest BCUT2D eigenvalue weighted by Crippen LogP contribution is -2.29. The Morgan fingerprint density at radius 1 is 0.886 bits per heavy atom. The van der Waals surface area contributed by atoms with Gasteiger partial charge in [-0.05, 0) is 67.4 Å². The number of carbonyl (C=O) groups excluding carboxylic acids is 2. The van der Waals surface area contributed by atoms with Crippen molar-refractivity contribution in [2.75, 3.05) is 29.0 Å². The Hall–Kier alpha value is -3.90.